The Morgan fingerprint density at radius 1 is 1.05 bits per heavy atom. The van der Waals surface area contributed by atoms with E-state index in [4.69, 9.17) is 9.82 Å². The van der Waals surface area contributed by atoms with Gasteiger partial charge in [0.05, 0.1) is 17.5 Å². The quantitative estimate of drug-likeness (QED) is 0.325. The predicted molar refractivity (Wildman–Crippen MR) is 156 cm³/mol. The first-order valence-electron chi connectivity index (χ1n) is 15.6. The fourth-order valence-electron chi connectivity index (χ4n) is 8.91. The summed E-state index contributed by atoms with van der Waals surface area (Å²) >= 11 is 0. The zero-order chi connectivity index (χ0) is 27.9. The number of rotatable bonds is 8. The molecule has 3 heterocycles. The SMILES string of the molecule is CCO/N=C(\CCC(=O)O)c1nc2ccccc2n(C2C[C@@H]3CCCC(C)(C2)N3C2C[C@H]3CCC[C@@H](C2)C3)c1=O. The van der Waals surface area contributed by atoms with Crippen LogP contribution in [0.5, 0.6) is 0 Å². The Labute approximate surface area is 236 Å². The number of hydrogen-bond donors (Lipinski definition) is 1. The Kier molecular flexibility index (Phi) is 7.73. The van der Waals surface area contributed by atoms with Gasteiger partial charge in [-0.1, -0.05) is 43.0 Å². The summed E-state index contributed by atoms with van der Waals surface area (Å²) in [5.41, 5.74) is 1.98. The van der Waals surface area contributed by atoms with Gasteiger partial charge in [0.1, 0.15) is 12.3 Å². The summed E-state index contributed by atoms with van der Waals surface area (Å²) in [5, 5.41) is 13.5. The van der Waals surface area contributed by atoms with Gasteiger partial charge in [-0.05, 0) is 82.8 Å². The maximum atomic E-state index is 14.3. The summed E-state index contributed by atoms with van der Waals surface area (Å²) in [6.45, 7) is 4.61. The van der Waals surface area contributed by atoms with Gasteiger partial charge in [-0.25, -0.2) is 4.98 Å². The maximum absolute atomic E-state index is 14.3. The molecule has 40 heavy (non-hydrogen) atoms. The van der Waals surface area contributed by atoms with E-state index in [1.54, 1.807) is 0 Å². The van der Waals surface area contributed by atoms with E-state index in [1.165, 1.54) is 57.8 Å². The number of para-hydroxylation sites is 2. The van der Waals surface area contributed by atoms with E-state index in [0.717, 1.165) is 35.7 Å². The standard InChI is InChI=1S/C32H44N4O4/c1-3-40-34-27(13-14-29(37)38)30-31(39)35(28-12-5-4-11-26(28)33-30)25-19-23-10-7-15-32(2,20-25)36(23)24-17-21-8-6-9-22(16-21)18-24/h4-5,11-12,21-25H,3,6-10,13-20H2,1-2H3,(H,37,38)/b34-27+/t21-,22+,23-,24?,25?,32?/m0/s1. The van der Waals surface area contributed by atoms with Crippen molar-refractivity contribution in [1.82, 2.24) is 14.5 Å². The molecule has 0 amide bonds. The number of hydrogen-bond acceptors (Lipinski definition) is 6. The van der Waals surface area contributed by atoms with Gasteiger partial charge in [0.25, 0.3) is 5.56 Å². The van der Waals surface area contributed by atoms with Crippen molar-refractivity contribution in [3.63, 3.8) is 0 Å². The molecule has 2 saturated carbocycles. The lowest BCUT2D eigenvalue weighted by molar-refractivity contribution is -0.136. The highest BCUT2D eigenvalue weighted by Crippen LogP contribution is 2.51. The summed E-state index contributed by atoms with van der Waals surface area (Å²) in [4.78, 5) is 38.6. The van der Waals surface area contributed by atoms with Crippen LogP contribution in [-0.4, -0.2) is 55.5 Å². The second kappa shape index (κ2) is 11.3. The lowest BCUT2D eigenvalue weighted by Crippen LogP contribution is -2.64. The minimum atomic E-state index is -0.940. The average Bonchev–Trinajstić information content (AvgIpc) is 2.92. The molecule has 8 nitrogen and oxygen atoms in total. The van der Waals surface area contributed by atoms with Crippen molar-refractivity contribution in [2.45, 2.75) is 121 Å². The Bertz CT molecular complexity index is 1330. The minimum Gasteiger partial charge on any atom is -0.481 e. The molecule has 0 spiro atoms. The molecule has 6 atom stereocenters. The smallest absolute Gasteiger partial charge is 0.303 e. The summed E-state index contributed by atoms with van der Waals surface area (Å²) in [5.74, 6) is 0.843. The van der Waals surface area contributed by atoms with Crippen LogP contribution in [0.1, 0.15) is 109 Å². The van der Waals surface area contributed by atoms with Gasteiger partial charge in [-0.2, -0.15) is 0 Å². The van der Waals surface area contributed by atoms with Crippen LogP contribution in [0.4, 0.5) is 0 Å². The van der Waals surface area contributed by atoms with E-state index >= 15 is 0 Å². The third kappa shape index (κ3) is 5.19. The number of aliphatic carboxylic acids is 1. The van der Waals surface area contributed by atoms with Crippen LogP contribution < -0.4 is 5.56 Å². The molecule has 2 aliphatic heterocycles. The monoisotopic (exact) mass is 548 g/mol. The van der Waals surface area contributed by atoms with Crippen molar-refractivity contribution in [1.29, 1.82) is 0 Å². The van der Waals surface area contributed by atoms with Crippen LogP contribution in [0.2, 0.25) is 0 Å². The van der Waals surface area contributed by atoms with Gasteiger partial charge in [0, 0.05) is 30.1 Å². The number of carboxylic acid groups (broad SMARTS) is 1. The number of carbonyl (C=O) groups is 1. The van der Waals surface area contributed by atoms with Gasteiger partial charge in [0.2, 0.25) is 0 Å². The molecular formula is C32H44N4O4. The molecule has 4 aliphatic rings. The van der Waals surface area contributed by atoms with Crippen molar-refractivity contribution in [2.24, 2.45) is 17.0 Å². The molecule has 0 radical (unpaired) electrons. The Balaban J connectivity index is 1.38. The lowest BCUT2D eigenvalue weighted by atomic mass is 9.66. The zero-order valence-electron chi connectivity index (χ0n) is 24.1. The fourth-order valence-corrected chi connectivity index (χ4v) is 8.91. The molecule has 2 saturated heterocycles. The molecule has 1 aromatic carbocycles. The Morgan fingerprint density at radius 2 is 1.82 bits per heavy atom. The first-order chi connectivity index (χ1) is 19.4. The highest BCUT2D eigenvalue weighted by atomic mass is 16.6. The maximum Gasteiger partial charge on any atom is 0.303 e. The highest BCUT2D eigenvalue weighted by Gasteiger charge is 2.51. The van der Waals surface area contributed by atoms with Gasteiger partial charge in [-0.3, -0.25) is 14.5 Å². The number of fused-ring (bicyclic) bond motifs is 5. The zero-order valence-corrected chi connectivity index (χ0v) is 24.1. The molecule has 3 unspecified atom stereocenters. The van der Waals surface area contributed by atoms with E-state index in [-0.39, 0.29) is 35.7 Å². The number of oxime groups is 1. The lowest BCUT2D eigenvalue weighted by Gasteiger charge is -2.60. The van der Waals surface area contributed by atoms with Crippen LogP contribution >= 0.6 is 0 Å². The van der Waals surface area contributed by atoms with E-state index in [9.17, 15) is 14.7 Å². The predicted octanol–water partition coefficient (Wildman–Crippen LogP) is 5.92. The molecule has 2 aromatic rings. The van der Waals surface area contributed by atoms with Gasteiger partial charge >= 0.3 is 5.97 Å². The minimum absolute atomic E-state index is 0.0570. The first kappa shape index (κ1) is 27.4. The van der Waals surface area contributed by atoms with Gasteiger partial charge in [0.15, 0.2) is 5.69 Å². The van der Waals surface area contributed by atoms with Crippen molar-refractivity contribution in [2.75, 3.05) is 6.61 Å². The average molecular weight is 549 g/mol. The van der Waals surface area contributed by atoms with E-state index in [1.807, 2.05) is 35.8 Å². The number of piperidine rings is 2. The van der Waals surface area contributed by atoms with Crippen LogP contribution in [0, 0.1) is 11.8 Å². The number of aromatic nitrogens is 2. The topological polar surface area (TPSA) is 97.0 Å². The number of benzene rings is 1. The Hall–Kier alpha value is -2.74. The third-order valence-electron chi connectivity index (χ3n) is 10.3. The summed E-state index contributed by atoms with van der Waals surface area (Å²) < 4.78 is 1.98. The van der Waals surface area contributed by atoms with Crippen molar-refractivity contribution in [3.05, 3.63) is 40.3 Å². The number of nitrogens with zero attached hydrogens (tertiary/aromatic N) is 4. The molecular weight excluding hydrogens is 504 g/mol. The third-order valence-corrected chi connectivity index (χ3v) is 10.3. The van der Waals surface area contributed by atoms with Gasteiger partial charge < -0.3 is 14.5 Å². The van der Waals surface area contributed by atoms with Gasteiger partial charge in [-0.15, -0.1) is 0 Å². The summed E-state index contributed by atoms with van der Waals surface area (Å²) in [7, 11) is 0. The van der Waals surface area contributed by atoms with Crippen LogP contribution in [0.15, 0.2) is 34.2 Å². The fraction of sp³-hybridized carbons (Fsp3) is 0.688. The van der Waals surface area contributed by atoms with E-state index in [2.05, 4.69) is 17.0 Å². The van der Waals surface area contributed by atoms with Crippen molar-refractivity contribution >= 4 is 22.7 Å². The first-order valence-corrected chi connectivity index (χ1v) is 15.6. The molecule has 8 heteroatoms. The summed E-state index contributed by atoms with van der Waals surface area (Å²) in [6.07, 6.45) is 13.8. The van der Waals surface area contributed by atoms with Crippen LogP contribution in [-0.2, 0) is 9.63 Å². The second-order valence-electron chi connectivity index (χ2n) is 13.0. The largest absolute Gasteiger partial charge is 0.481 e. The Morgan fingerprint density at radius 3 is 2.55 bits per heavy atom. The molecule has 1 N–H and O–H groups in total. The summed E-state index contributed by atoms with van der Waals surface area (Å²) in [6, 6.07) is 9.04. The van der Waals surface area contributed by atoms with Crippen LogP contribution in [0.25, 0.3) is 11.0 Å². The molecule has 1 aromatic heterocycles. The molecule has 4 fully saturated rings. The molecule has 216 valence electrons. The second-order valence-corrected chi connectivity index (χ2v) is 13.0. The molecule has 2 aliphatic carbocycles. The van der Waals surface area contributed by atoms with Crippen molar-refractivity contribution in [3.8, 4) is 0 Å². The van der Waals surface area contributed by atoms with Crippen LogP contribution in [0.3, 0.4) is 0 Å². The van der Waals surface area contributed by atoms with Crippen molar-refractivity contribution < 1.29 is 14.7 Å². The van der Waals surface area contributed by atoms with E-state index in [0.29, 0.717) is 24.4 Å². The molecule has 4 bridgehead atoms. The molecule has 6 rings (SSSR count). The highest BCUT2D eigenvalue weighted by molar-refractivity contribution is 6.00. The van der Waals surface area contributed by atoms with E-state index < -0.39 is 5.97 Å². The number of carboxylic acids is 1. The normalized spacial score (nSPS) is 32.6.